The van der Waals surface area contributed by atoms with Crippen molar-refractivity contribution in [2.45, 2.75) is 51.1 Å². The number of carbonyl (C=O) groups is 1. The molecule has 2 bridgehead atoms. The molecular weight excluding hydrogens is 298 g/mol. The van der Waals surface area contributed by atoms with E-state index in [-0.39, 0.29) is 17.9 Å². The molecular formula is C18H24F2N2O. The highest BCUT2D eigenvalue weighted by molar-refractivity contribution is 5.79. The van der Waals surface area contributed by atoms with Crippen LogP contribution in [-0.2, 0) is 4.79 Å². The molecule has 2 aliphatic rings. The van der Waals surface area contributed by atoms with E-state index in [1.807, 2.05) is 0 Å². The second-order valence-corrected chi connectivity index (χ2v) is 7.09. The Bertz CT molecular complexity index is 578. The van der Waals surface area contributed by atoms with E-state index in [1.165, 1.54) is 18.6 Å². The molecule has 0 saturated heterocycles. The van der Waals surface area contributed by atoms with Crippen molar-refractivity contribution in [3.05, 3.63) is 35.4 Å². The van der Waals surface area contributed by atoms with Gasteiger partial charge in [0.25, 0.3) is 0 Å². The van der Waals surface area contributed by atoms with Gasteiger partial charge in [-0.05, 0) is 50.5 Å². The fourth-order valence-corrected chi connectivity index (χ4v) is 4.26. The van der Waals surface area contributed by atoms with Crippen LogP contribution in [0.3, 0.4) is 0 Å². The quantitative estimate of drug-likeness (QED) is 0.897. The zero-order valence-electron chi connectivity index (χ0n) is 13.4. The first kappa shape index (κ1) is 16.4. The summed E-state index contributed by atoms with van der Waals surface area (Å²) in [7, 11) is 0. The summed E-state index contributed by atoms with van der Waals surface area (Å²) in [5.41, 5.74) is 6.57. The van der Waals surface area contributed by atoms with Gasteiger partial charge in [0.2, 0.25) is 5.91 Å². The number of carbonyl (C=O) groups excluding carboxylic acids is 1. The van der Waals surface area contributed by atoms with E-state index in [0.29, 0.717) is 17.4 Å². The molecule has 0 aliphatic heterocycles. The summed E-state index contributed by atoms with van der Waals surface area (Å²) in [6.07, 6.45) is 5.05. The molecule has 1 amide bonds. The fraction of sp³-hybridized carbons (Fsp3) is 0.611. The van der Waals surface area contributed by atoms with Gasteiger partial charge in [0.1, 0.15) is 11.6 Å². The second kappa shape index (κ2) is 6.56. The van der Waals surface area contributed by atoms with E-state index in [4.69, 9.17) is 5.73 Å². The van der Waals surface area contributed by atoms with Crippen LogP contribution >= 0.6 is 0 Å². The maximum absolute atomic E-state index is 13.8. The Kier molecular flexibility index (Phi) is 4.67. The number of amides is 1. The number of halogens is 2. The first-order valence-corrected chi connectivity index (χ1v) is 8.46. The van der Waals surface area contributed by atoms with Crippen LogP contribution in [0.2, 0.25) is 0 Å². The van der Waals surface area contributed by atoms with Crippen molar-refractivity contribution in [3.8, 4) is 0 Å². The van der Waals surface area contributed by atoms with Crippen molar-refractivity contribution >= 4 is 5.91 Å². The molecule has 2 saturated carbocycles. The molecule has 1 aromatic carbocycles. The van der Waals surface area contributed by atoms with Crippen LogP contribution in [0.1, 0.15) is 50.6 Å². The summed E-state index contributed by atoms with van der Waals surface area (Å²) >= 11 is 0. The van der Waals surface area contributed by atoms with E-state index < -0.39 is 17.7 Å². The van der Waals surface area contributed by atoms with Gasteiger partial charge in [0.15, 0.2) is 0 Å². The zero-order valence-corrected chi connectivity index (χ0v) is 13.4. The van der Waals surface area contributed by atoms with Gasteiger partial charge in [0.05, 0.1) is 6.04 Å². The van der Waals surface area contributed by atoms with Crippen LogP contribution in [0.15, 0.2) is 18.2 Å². The van der Waals surface area contributed by atoms with Crippen LogP contribution in [0, 0.1) is 29.4 Å². The summed E-state index contributed by atoms with van der Waals surface area (Å²) in [6, 6.07) is 3.20. The third kappa shape index (κ3) is 3.39. The maximum atomic E-state index is 13.8. The van der Waals surface area contributed by atoms with Crippen LogP contribution < -0.4 is 11.1 Å². The van der Waals surface area contributed by atoms with E-state index in [1.54, 1.807) is 6.92 Å². The molecule has 2 fully saturated rings. The topological polar surface area (TPSA) is 55.1 Å². The first-order chi connectivity index (χ1) is 11.0. The Morgan fingerprint density at radius 3 is 2.52 bits per heavy atom. The number of nitrogens with two attached hydrogens (primary N) is 1. The summed E-state index contributed by atoms with van der Waals surface area (Å²) in [5, 5.41) is 2.89. The van der Waals surface area contributed by atoms with Crippen LogP contribution in [0.4, 0.5) is 8.78 Å². The predicted octanol–water partition coefficient (Wildman–Crippen LogP) is 3.30. The monoisotopic (exact) mass is 322 g/mol. The minimum atomic E-state index is -0.625. The molecule has 0 spiro atoms. The molecule has 2 aliphatic carbocycles. The summed E-state index contributed by atoms with van der Waals surface area (Å²) in [5.74, 6) is -0.465. The number of hydrogen-bond acceptors (Lipinski definition) is 2. The molecule has 0 radical (unpaired) electrons. The summed E-state index contributed by atoms with van der Waals surface area (Å²) < 4.78 is 26.8. The van der Waals surface area contributed by atoms with Crippen LogP contribution in [-0.4, -0.2) is 11.9 Å². The SMILES string of the molecule is C[C@@H](NC(=O)C1CC2CCCC(C1)C2N)c1ccc(F)cc1F. The van der Waals surface area contributed by atoms with Gasteiger partial charge in [-0.1, -0.05) is 12.5 Å². The maximum Gasteiger partial charge on any atom is 0.223 e. The lowest BCUT2D eigenvalue weighted by atomic mass is 9.65. The molecule has 3 nitrogen and oxygen atoms in total. The first-order valence-electron chi connectivity index (χ1n) is 8.46. The Hall–Kier alpha value is -1.49. The lowest BCUT2D eigenvalue weighted by Crippen LogP contribution is -2.49. The average Bonchev–Trinajstić information content (AvgIpc) is 2.46. The third-order valence-electron chi connectivity index (χ3n) is 5.57. The molecule has 1 aromatic rings. The van der Waals surface area contributed by atoms with E-state index in [9.17, 15) is 13.6 Å². The van der Waals surface area contributed by atoms with Crippen molar-refractivity contribution in [1.29, 1.82) is 0 Å². The van der Waals surface area contributed by atoms with Crippen molar-refractivity contribution in [2.24, 2.45) is 23.5 Å². The standard InChI is InChI=1S/C18H24F2N2O/c1-10(15-6-5-14(19)9-16(15)20)22-18(23)13-7-11-3-2-4-12(8-13)17(11)21/h5-6,9-13,17H,2-4,7-8,21H2,1H3,(H,22,23)/t10-,11?,12?,13?,17?/m1/s1. The van der Waals surface area contributed by atoms with Gasteiger partial charge in [0, 0.05) is 23.6 Å². The number of nitrogens with one attached hydrogen (secondary N) is 1. The Morgan fingerprint density at radius 1 is 1.26 bits per heavy atom. The molecule has 3 rings (SSSR count). The van der Waals surface area contributed by atoms with E-state index in [0.717, 1.165) is 31.7 Å². The fourth-order valence-electron chi connectivity index (χ4n) is 4.26. The summed E-state index contributed by atoms with van der Waals surface area (Å²) in [6.45, 7) is 1.73. The minimum Gasteiger partial charge on any atom is -0.349 e. The molecule has 126 valence electrons. The van der Waals surface area contributed by atoms with E-state index >= 15 is 0 Å². The minimum absolute atomic E-state index is 0.0370. The molecule has 3 atom stereocenters. The van der Waals surface area contributed by atoms with Gasteiger partial charge in [-0.3, -0.25) is 4.79 Å². The van der Waals surface area contributed by atoms with Crippen LogP contribution in [0.5, 0.6) is 0 Å². The van der Waals surface area contributed by atoms with Gasteiger partial charge < -0.3 is 11.1 Å². The highest BCUT2D eigenvalue weighted by Crippen LogP contribution is 2.42. The summed E-state index contributed by atoms with van der Waals surface area (Å²) in [4.78, 5) is 12.5. The molecule has 2 unspecified atom stereocenters. The Labute approximate surface area is 135 Å². The average molecular weight is 322 g/mol. The molecule has 5 heteroatoms. The van der Waals surface area contributed by atoms with Crippen molar-refractivity contribution in [2.75, 3.05) is 0 Å². The van der Waals surface area contributed by atoms with Crippen molar-refractivity contribution < 1.29 is 13.6 Å². The second-order valence-electron chi connectivity index (χ2n) is 7.09. The lowest BCUT2D eigenvalue weighted by molar-refractivity contribution is -0.128. The molecule has 23 heavy (non-hydrogen) atoms. The number of benzene rings is 1. The molecule has 0 aromatic heterocycles. The van der Waals surface area contributed by atoms with Crippen molar-refractivity contribution in [1.82, 2.24) is 5.32 Å². The van der Waals surface area contributed by atoms with Gasteiger partial charge in [-0.2, -0.15) is 0 Å². The van der Waals surface area contributed by atoms with E-state index in [2.05, 4.69) is 5.32 Å². The number of hydrogen-bond donors (Lipinski definition) is 2. The Balaban J connectivity index is 1.65. The third-order valence-corrected chi connectivity index (χ3v) is 5.57. The van der Waals surface area contributed by atoms with Gasteiger partial charge in [-0.15, -0.1) is 0 Å². The molecule has 3 N–H and O–H groups in total. The van der Waals surface area contributed by atoms with Crippen molar-refractivity contribution in [3.63, 3.8) is 0 Å². The smallest absolute Gasteiger partial charge is 0.223 e. The molecule has 0 heterocycles. The number of rotatable bonds is 3. The van der Waals surface area contributed by atoms with Crippen LogP contribution in [0.25, 0.3) is 0 Å². The normalized spacial score (nSPS) is 31.5. The lowest BCUT2D eigenvalue weighted by Gasteiger charge is -2.43. The largest absolute Gasteiger partial charge is 0.349 e. The predicted molar refractivity (Wildman–Crippen MR) is 84.4 cm³/mol. The highest BCUT2D eigenvalue weighted by Gasteiger charge is 2.40. The van der Waals surface area contributed by atoms with Gasteiger partial charge in [-0.25, -0.2) is 8.78 Å². The van der Waals surface area contributed by atoms with Gasteiger partial charge >= 0.3 is 0 Å². The highest BCUT2D eigenvalue weighted by atomic mass is 19.1. The Morgan fingerprint density at radius 2 is 1.91 bits per heavy atom. The zero-order chi connectivity index (χ0) is 16.6. The number of fused-ring (bicyclic) bond motifs is 2.